The van der Waals surface area contributed by atoms with Crippen molar-refractivity contribution in [3.63, 3.8) is 0 Å². The first kappa shape index (κ1) is 12.2. The highest BCUT2D eigenvalue weighted by molar-refractivity contribution is 5.94. The Kier molecular flexibility index (Phi) is 4.51. The summed E-state index contributed by atoms with van der Waals surface area (Å²) in [4.78, 5) is 17.7. The summed E-state index contributed by atoms with van der Waals surface area (Å²) in [6.07, 6.45) is 4.13. The highest BCUT2D eigenvalue weighted by atomic mass is 16.1. The number of hydrogen-bond donors (Lipinski definition) is 1. The Bertz CT molecular complexity index is 357. The molecular formula is C12H17N3O. The van der Waals surface area contributed by atoms with Crippen LogP contribution < -0.4 is 10.2 Å². The second kappa shape index (κ2) is 5.90. The molecule has 0 aliphatic rings. The average molecular weight is 219 g/mol. The van der Waals surface area contributed by atoms with Gasteiger partial charge in [-0.2, -0.15) is 0 Å². The molecule has 0 aromatic carbocycles. The van der Waals surface area contributed by atoms with E-state index in [1.165, 1.54) is 0 Å². The minimum atomic E-state index is -0.0975. The van der Waals surface area contributed by atoms with Crippen molar-refractivity contribution >= 4 is 11.7 Å². The van der Waals surface area contributed by atoms with Crippen LogP contribution in [-0.4, -0.2) is 31.5 Å². The fourth-order valence-corrected chi connectivity index (χ4v) is 1.17. The molecular weight excluding hydrogens is 202 g/mol. The Labute approximate surface area is 96.0 Å². The fraction of sp³-hybridized carbons (Fsp3) is 0.333. The summed E-state index contributed by atoms with van der Waals surface area (Å²) in [5.41, 5.74) is 0.578. The molecule has 1 rings (SSSR count). The van der Waals surface area contributed by atoms with Gasteiger partial charge in [-0.3, -0.25) is 4.79 Å². The fourth-order valence-electron chi connectivity index (χ4n) is 1.17. The zero-order valence-electron chi connectivity index (χ0n) is 9.73. The zero-order valence-corrected chi connectivity index (χ0v) is 9.73. The molecule has 4 heteroatoms. The largest absolute Gasteiger partial charge is 0.363 e. The van der Waals surface area contributed by atoms with Crippen LogP contribution in [0, 0.1) is 0 Å². The lowest BCUT2D eigenvalue weighted by Gasteiger charge is -2.11. The number of nitrogens with one attached hydrogen (secondary N) is 1. The van der Waals surface area contributed by atoms with Gasteiger partial charge in [0.05, 0.1) is 5.56 Å². The molecule has 0 aliphatic carbocycles. The van der Waals surface area contributed by atoms with Gasteiger partial charge in [-0.15, -0.1) is 6.58 Å². The molecule has 0 spiro atoms. The van der Waals surface area contributed by atoms with Crippen molar-refractivity contribution in [1.29, 1.82) is 0 Å². The lowest BCUT2D eigenvalue weighted by molar-refractivity contribution is 0.0954. The van der Waals surface area contributed by atoms with E-state index >= 15 is 0 Å². The highest BCUT2D eigenvalue weighted by Crippen LogP contribution is 2.07. The number of hydrogen-bond acceptors (Lipinski definition) is 3. The van der Waals surface area contributed by atoms with Gasteiger partial charge in [-0.1, -0.05) is 6.08 Å². The van der Waals surface area contributed by atoms with E-state index in [4.69, 9.17) is 0 Å². The van der Waals surface area contributed by atoms with E-state index in [9.17, 15) is 4.79 Å². The molecule has 1 heterocycles. The van der Waals surface area contributed by atoms with Crippen molar-refractivity contribution in [2.45, 2.75) is 6.42 Å². The minimum absolute atomic E-state index is 0.0975. The molecule has 0 bridgehead atoms. The molecule has 1 aromatic rings. The number of nitrogens with zero attached hydrogens (tertiary/aromatic N) is 2. The minimum Gasteiger partial charge on any atom is -0.363 e. The van der Waals surface area contributed by atoms with Gasteiger partial charge < -0.3 is 10.2 Å². The maximum absolute atomic E-state index is 11.6. The predicted octanol–water partition coefficient (Wildman–Crippen LogP) is 1.45. The zero-order chi connectivity index (χ0) is 12.0. The SMILES string of the molecule is C=CCCNC(=O)c1ccc(N(C)C)nc1. The van der Waals surface area contributed by atoms with Crippen LogP contribution in [0.15, 0.2) is 31.0 Å². The third-order valence-electron chi connectivity index (χ3n) is 2.10. The normalized spacial score (nSPS) is 9.62. The maximum Gasteiger partial charge on any atom is 0.252 e. The van der Waals surface area contributed by atoms with Gasteiger partial charge in [0.2, 0.25) is 0 Å². The lowest BCUT2D eigenvalue weighted by atomic mass is 10.2. The van der Waals surface area contributed by atoms with E-state index in [-0.39, 0.29) is 5.91 Å². The van der Waals surface area contributed by atoms with Crippen molar-refractivity contribution in [2.24, 2.45) is 0 Å². The van der Waals surface area contributed by atoms with Crippen molar-refractivity contribution in [3.8, 4) is 0 Å². The first-order valence-corrected chi connectivity index (χ1v) is 5.17. The lowest BCUT2D eigenvalue weighted by Crippen LogP contribution is -2.24. The number of amides is 1. The van der Waals surface area contributed by atoms with Crippen molar-refractivity contribution in [2.75, 3.05) is 25.5 Å². The van der Waals surface area contributed by atoms with Gasteiger partial charge in [0.15, 0.2) is 0 Å². The third-order valence-corrected chi connectivity index (χ3v) is 2.10. The standard InChI is InChI=1S/C12H17N3O/c1-4-5-8-13-12(16)10-6-7-11(14-9-10)15(2)3/h4,6-7,9H,1,5,8H2,2-3H3,(H,13,16). The average Bonchev–Trinajstić information content (AvgIpc) is 2.29. The third kappa shape index (κ3) is 3.38. The number of anilines is 1. The molecule has 1 amide bonds. The number of aromatic nitrogens is 1. The van der Waals surface area contributed by atoms with Crippen molar-refractivity contribution in [3.05, 3.63) is 36.5 Å². The topological polar surface area (TPSA) is 45.2 Å². The smallest absolute Gasteiger partial charge is 0.252 e. The van der Waals surface area contributed by atoms with Crippen molar-refractivity contribution in [1.82, 2.24) is 10.3 Å². The quantitative estimate of drug-likeness (QED) is 0.602. The summed E-state index contributed by atoms with van der Waals surface area (Å²) in [7, 11) is 3.82. The van der Waals surface area contributed by atoms with Crippen LogP contribution in [-0.2, 0) is 0 Å². The Morgan fingerprint density at radius 3 is 2.81 bits per heavy atom. The Morgan fingerprint density at radius 2 is 2.31 bits per heavy atom. The Morgan fingerprint density at radius 1 is 1.56 bits per heavy atom. The summed E-state index contributed by atoms with van der Waals surface area (Å²) >= 11 is 0. The van der Waals surface area contributed by atoms with E-state index in [2.05, 4.69) is 16.9 Å². The maximum atomic E-state index is 11.6. The van der Waals surface area contributed by atoms with E-state index in [1.807, 2.05) is 25.1 Å². The number of carbonyl (C=O) groups excluding carboxylic acids is 1. The second-order valence-electron chi connectivity index (χ2n) is 3.63. The van der Waals surface area contributed by atoms with Gasteiger partial charge in [0.25, 0.3) is 5.91 Å². The molecule has 0 radical (unpaired) electrons. The van der Waals surface area contributed by atoms with Crippen LogP contribution >= 0.6 is 0 Å². The van der Waals surface area contributed by atoms with Crippen LogP contribution in [0.4, 0.5) is 5.82 Å². The molecule has 4 nitrogen and oxygen atoms in total. The molecule has 0 saturated carbocycles. The molecule has 0 saturated heterocycles. The molecule has 0 fully saturated rings. The second-order valence-corrected chi connectivity index (χ2v) is 3.63. The molecule has 0 unspecified atom stereocenters. The van der Waals surface area contributed by atoms with Crippen molar-refractivity contribution < 1.29 is 4.79 Å². The molecule has 16 heavy (non-hydrogen) atoms. The van der Waals surface area contributed by atoms with Gasteiger partial charge in [0, 0.05) is 26.8 Å². The number of rotatable bonds is 5. The van der Waals surface area contributed by atoms with Crippen LogP contribution in [0.1, 0.15) is 16.8 Å². The summed E-state index contributed by atoms with van der Waals surface area (Å²) < 4.78 is 0. The summed E-state index contributed by atoms with van der Waals surface area (Å²) in [5.74, 6) is 0.738. The predicted molar refractivity (Wildman–Crippen MR) is 65.7 cm³/mol. The number of carbonyl (C=O) groups is 1. The monoisotopic (exact) mass is 219 g/mol. The van der Waals surface area contributed by atoms with Gasteiger partial charge in [0.1, 0.15) is 5.82 Å². The summed E-state index contributed by atoms with van der Waals surface area (Å²) in [6.45, 7) is 4.20. The summed E-state index contributed by atoms with van der Waals surface area (Å²) in [5, 5.41) is 2.78. The first-order chi connectivity index (χ1) is 7.65. The Balaban J connectivity index is 2.59. The van der Waals surface area contributed by atoms with Crippen LogP contribution in [0.3, 0.4) is 0 Å². The first-order valence-electron chi connectivity index (χ1n) is 5.17. The van der Waals surface area contributed by atoms with Gasteiger partial charge in [-0.25, -0.2) is 4.98 Å². The Hall–Kier alpha value is -1.84. The van der Waals surface area contributed by atoms with Gasteiger partial charge >= 0.3 is 0 Å². The molecule has 1 N–H and O–H groups in total. The van der Waals surface area contributed by atoms with E-state index in [0.717, 1.165) is 12.2 Å². The molecule has 86 valence electrons. The molecule has 0 aliphatic heterocycles. The van der Waals surface area contributed by atoms with Crippen LogP contribution in [0.2, 0.25) is 0 Å². The van der Waals surface area contributed by atoms with Gasteiger partial charge in [-0.05, 0) is 18.6 Å². The molecule has 0 atom stereocenters. The number of pyridine rings is 1. The highest BCUT2D eigenvalue weighted by Gasteiger charge is 2.05. The van der Waals surface area contributed by atoms with E-state index < -0.39 is 0 Å². The van der Waals surface area contributed by atoms with E-state index in [0.29, 0.717) is 12.1 Å². The molecule has 1 aromatic heterocycles. The summed E-state index contributed by atoms with van der Waals surface area (Å²) in [6, 6.07) is 3.59. The van der Waals surface area contributed by atoms with Crippen LogP contribution in [0.25, 0.3) is 0 Å². The van der Waals surface area contributed by atoms with E-state index in [1.54, 1.807) is 18.3 Å². The van der Waals surface area contributed by atoms with Crippen LogP contribution in [0.5, 0.6) is 0 Å².